The highest BCUT2D eigenvalue weighted by Gasteiger charge is 2.21. The van der Waals surface area contributed by atoms with Gasteiger partial charge in [0.15, 0.2) is 0 Å². The summed E-state index contributed by atoms with van der Waals surface area (Å²) in [6.07, 6.45) is 4.06. The van der Waals surface area contributed by atoms with Crippen LogP contribution in [0.4, 0.5) is 5.69 Å². The monoisotopic (exact) mass is 246 g/mol. The Morgan fingerprint density at radius 1 is 1.39 bits per heavy atom. The lowest BCUT2D eigenvalue weighted by atomic mass is 10.1. The predicted molar refractivity (Wildman–Crippen MR) is 74.9 cm³/mol. The lowest BCUT2D eigenvalue weighted by Crippen LogP contribution is -2.30. The third-order valence-corrected chi connectivity index (χ3v) is 3.46. The average molecular weight is 246 g/mol. The van der Waals surface area contributed by atoms with Gasteiger partial charge in [0, 0.05) is 31.7 Å². The first kappa shape index (κ1) is 13.1. The van der Waals surface area contributed by atoms with Gasteiger partial charge in [-0.05, 0) is 30.9 Å². The van der Waals surface area contributed by atoms with Crippen LogP contribution in [0.3, 0.4) is 0 Å². The fourth-order valence-corrected chi connectivity index (χ4v) is 2.11. The number of amides is 1. The van der Waals surface area contributed by atoms with Crippen LogP contribution in [-0.2, 0) is 11.2 Å². The Balaban J connectivity index is 1.91. The van der Waals surface area contributed by atoms with Crippen LogP contribution < -0.4 is 10.2 Å². The van der Waals surface area contributed by atoms with Gasteiger partial charge in [0.2, 0.25) is 5.91 Å². The maximum absolute atomic E-state index is 12.1. The number of nitrogens with one attached hydrogen (secondary N) is 1. The largest absolute Gasteiger partial charge is 0.315 e. The topological polar surface area (TPSA) is 32.3 Å². The number of benzene rings is 1. The number of hydrogen-bond acceptors (Lipinski definition) is 2. The van der Waals surface area contributed by atoms with E-state index in [9.17, 15) is 4.79 Å². The lowest BCUT2D eigenvalue weighted by Gasteiger charge is -2.20. The molecule has 1 saturated carbocycles. The van der Waals surface area contributed by atoms with E-state index in [2.05, 4.69) is 18.3 Å². The molecule has 2 rings (SSSR count). The smallest absolute Gasteiger partial charge is 0.228 e. The number of carbonyl (C=O) groups is 1. The van der Waals surface area contributed by atoms with E-state index >= 15 is 0 Å². The number of hydrogen-bond donors (Lipinski definition) is 1. The first-order valence-electron chi connectivity index (χ1n) is 6.80. The summed E-state index contributed by atoms with van der Waals surface area (Å²) in [6.45, 7) is 2.91. The van der Waals surface area contributed by atoms with Gasteiger partial charge < -0.3 is 10.2 Å². The second-order valence-electron chi connectivity index (χ2n) is 4.91. The molecule has 0 heterocycles. The highest BCUT2D eigenvalue weighted by molar-refractivity contribution is 5.93. The highest BCUT2D eigenvalue weighted by atomic mass is 16.2. The van der Waals surface area contributed by atoms with E-state index in [1.54, 1.807) is 4.90 Å². The molecule has 98 valence electrons. The van der Waals surface area contributed by atoms with Gasteiger partial charge in [0.25, 0.3) is 0 Å². The molecular formula is C15H22N2O. The lowest BCUT2D eigenvalue weighted by molar-refractivity contribution is -0.118. The molecule has 0 radical (unpaired) electrons. The molecule has 1 amide bonds. The Hall–Kier alpha value is -1.35. The Morgan fingerprint density at radius 3 is 2.78 bits per heavy atom. The number of para-hydroxylation sites is 1. The van der Waals surface area contributed by atoms with Gasteiger partial charge >= 0.3 is 0 Å². The number of rotatable bonds is 6. The molecule has 3 heteroatoms. The van der Waals surface area contributed by atoms with E-state index in [0.29, 0.717) is 12.5 Å². The van der Waals surface area contributed by atoms with Crippen molar-refractivity contribution < 1.29 is 4.79 Å². The van der Waals surface area contributed by atoms with Crippen LogP contribution in [0.25, 0.3) is 0 Å². The molecule has 0 aromatic heterocycles. The maximum atomic E-state index is 12.1. The summed E-state index contributed by atoms with van der Waals surface area (Å²) in [5.41, 5.74) is 2.26. The molecule has 1 aromatic rings. The second-order valence-corrected chi connectivity index (χ2v) is 4.91. The molecule has 1 aliphatic rings. The minimum Gasteiger partial charge on any atom is -0.315 e. The Kier molecular flexibility index (Phi) is 4.37. The van der Waals surface area contributed by atoms with Gasteiger partial charge in [-0.3, -0.25) is 4.79 Å². The van der Waals surface area contributed by atoms with Gasteiger partial charge in [-0.2, -0.15) is 0 Å². The average Bonchev–Trinajstić information content (AvgIpc) is 3.21. The Labute approximate surface area is 109 Å². The summed E-state index contributed by atoms with van der Waals surface area (Å²) >= 11 is 0. The molecule has 1 aromatic carbocycles. The summed E-state index contributed by atoms with van der Waals surface area (Å²) in [5, 5.41) is 3.37. The fourth-order valence-electron chi connectivity index (χ4n) is 2.11. The highest BCUT2D eigenvalue weighted by Crippen LogP contribution is 2.21. The van der Waals surface area contributed by atoms with Crippen LogP contribution >= 0.6 is 0 Å². The Bertz CT molecular complexity index is 413. The van der Waals surface area contributed by atoms with Crippen LogP contribution in [0.5, 0.6) is 0 Å². The minimum atomic E-state index is 0.184. The molecule has 0 bridgehead atoms. The normalized spacial score (nSPS) is 14.6. The third kappa shape index (κ3) is 3.33. The van der Waals surface area contributed by atoms with Gasteiger partial charge in [-0.15, -0.1) is 0 Å². The number of aryl methyl sites for hydroxylation is 1. The molecule has 0 unspecified atom stereocenters. The van der Waals surface area contributed by atoms with Crippen molar-refractivity contribution in [3.05, 3.63) is 29.8 Å². The van der Waals surface area contributed by atoms with Gasteiger partial charge in [0.1, 0.15) is 0 Å². The molecule has 1 N–H and O–H groups in total. The first-order chi connectivity index (χ1) is 8.72. The number of nitrogens with zero attached hydrogens (tertiary/aromatic N) is 1. The zero-order chi connectivity index (χ0) is 13.0. The van der Waals surface area contributed by atoms with Crippen molar-refractivity contribution in [2.24, 2.45) is 0 Å². The summed E-state index contributed by atoms with van der Waals surface area (Å²) in [7, 11) is 1.87. The standard InChI is InChI=1S/C15H22N2O/c1-3-12-6-4-5-7-14(12)17(2)15(18)10-11-16-13-8-9-13/h4-7,13,16H,3,8-11H2,1-2H3. The van der Waals surface area contributed by atoms with E-state index in [1.165, 1.54) is 18.4 Å². The second kappa shape index (κ2) is 6.01. The summed E-state index contributed by atoms with van der Waals surface area (Å²) in [6, 6.07) is 8.79. The first-order valence-corrected chi connectivity index (χ1v) is 6.80. The zero-order valence-electron chi connectivity index (χ0n) is 11.3. The van der Waals surface area contributed by atoms with E-state index in [4.69, 9.17) is 0 Å². The van der Waals surface area contributed by atoms with Crippen molar-refractivity contribution >= 4 is 11.6 Å². The van der Waals surface area contributed by atoms with Crippen molar-refractivity contribution in [1.29, 1.82) is 0 Å². The van der Waals surface area contributed by atoms with Crippen molar-refractivity contribution in [3.8, 4) is 0 Å². The zero-order valence-corrected chi connectivity index (χ0v) is 11.3. The van der Waals surface area contributed by atoms with Crippen LogP contribution in [0, 0.1) is 0 Å². The van der Waals surface area contributed by atoms with Gasteiger partial charge in [0.05, 0.1) is 0 Å². The number of anilines is 1. The minimum absolute atomic E-state index is 0.184. The SMILES string of the molecule is CCc1ccccc1N(C)C(=O)CCNC1CC1. The van der Waals surface area contributed by atoms with E-state index in [1.807, 2.05) is 25.2 Å². The van der Waals surface area contributed by atoms with E-state index in [-0.39, 0.29) is 5.91 Å². The molecular weight excluding hydrogens is 224 g/mol. The molecule has 18 heavy (non-hydrogen) atoms. The number of carbonyl (C=O) groups excluding carboxylic acids is 1. The summed E-state index contributed by atoms with van der Waals surface area (Å²) in [5.74, 6) is 0.184. The molecule has 1 fully saturated rings. The summed E-state index contributed by atoms with van der Waals surface area (Å²) in [4.78, 5) is 13.9. The van der Waals surface area contributed by atoms with Crippen molar-refractivity contribution in [2.75, 3.05) is 18.5 Å². The van der Waals surface area contributed by atoms with Crippen molar-refractivity contribution in [1.82, 2.24) is 5.32 Å². The van der Waals surface area contributed by atoms with Crippen molar-refractivity contribution in [2.45, 2.75) is 38.6 Å². The molecule has 0 aliphatic heterocycles. The quantitative estimate of drug-likeness (QED) is 0.835. The van der Waals surface area contributed by atoms with Crippen LogP contribution in [0.1, 0.15) is 31.7 Å². The van der Waals surface area contributed by atoms with Crippen molar-refractivity contribution in [3.63, 3.8) is 0 Å². The molecule has 0 saturated heterocycles. The van der Waals surface area contributed by atoms with Crippen LogP contribution in [-0.4, -0.2) is 25.5 Å². The van der Waals surface area contributed by atoms with Gasteiger partial charge in [-0.25, -0.2) is 0 Å². The predicted octanol–water partition coefficient (Wildman–Crippen LogP) is 2.35. The van der Waals surface area contributed by atoms with Crippen LogP contribution in [0.15, 0.2) is 24.3 Å². The fraction of sp³-hybridized carbons (Fsp3) is 0.533. The van der Waals surface area contributed by atoms with E-state index in [0.717, 1.165) is 18.7 Å². The molecule has 0 spiro atoms. The van der Waals surface area contributed by atoms with Crippen LogP contribution in [0.2, 0.25) is 0 Å². The third-order valence-electron chi connectivity index (χ3n) is 3.46. The maximum Gasteiger partial charge on any atom is 0.228 e. The molecule has 0 atom stereocenters. The molecule has 3 nitrogen and oxygen atoms in total. The summed E-state index contributed by atoms with van der Waals surface area (Å²) < 4.78 is 0. The van der Waals surface area contributed by atoms with E-state index < -0.39 is 0 Å². The van der Waals surface area contributed by atoms with Gasteiger partial charge in [-0.1, -0.05) is 25.1 Å². The Morgan fingerprint density at radius 2 is 2.11 bits per heavy atom. The molecule has 1 aliphatic carbocycles.